The third-order valence-corrected chi connectivity index (χ3v) is 4.85. The third-order valence-electron chi connectivity index (χ3n) is 4.85. The van der Waals surface area contributed by atoms with Gasteiger partial charge in [0.05, 0.1) is 26.8 Å². The largest absolute Gasteiger partial charge is 0.497 e. The van der Waals surface area contributed by atoms with Crippen LogP contribution in [0.2, 0.25) is 0 Å². The van der Waals surface area contributed by atoms with Crippen LogP contribution in [0.1, 0.15) is 25.3 Å². The number of likely N-dealkylation sites (N-methyl/N-ethyl adjacent to an activating group) is 1. The molecule has 2 amide bonds. The maximum Gasteiger partial charge on any atom is 0.409 e. The highest BCUT2D eigenvalue weighted by Gasteiger charge is 2.24. The molecule has 166 valence electrons. The summed E-state index contributed by atoms with van der Waals surface area (Å²) in [6.45, 7) is 4.06. The topological polar surface area (TPSA) is 95.5 Å². The van der Waals surface area contributed by atoms with Crippen LogP contribution in [0.5, 0.6) is 5.75 Å². The van der Waals surface area contributed by atoms with Crippen LogP contribution in [0.25, 0.3) is 0 Å². The number of hydrogen-bond acceptors (Lipinski definition) is 5. The first kappa shape index (κ1) is 23.3. The first-order valence-electron chi connectivity index (χ1n) is 10.2. The second-order valence-electron chi connectivity index (χ2n) is 7.26. The molecule has 0 aliphatic carbocycles. The maximum absolute atomic E-state index is 12.0. The van der Waals surface area contributed by atoms with E-state index in [2.05, 4.69) is 15.6 Å². The molecule has 1 aliphatic rings. The lowest BCUT2D eigenvalue weighted by atomic mass is 10.1. The monoisotopic (exact) mass is 419 g/mol. The molecule has 2 rings (SSSR count). The van der Waals surface area contributed by atoms with Crippen molar-refractivity contribution in [3.63, 3.8) is 0 Å². The van der Waals surface area contributed by atoms with Gasteiger partial charge in [0.25, 0.3) is 0 Å². The molecule has 0 radical (unpaired) electrons. The van der Waals surface area contributed by atoms with Gasteiger partial charge in [0.2, 0.25) is 5.91 Å². The standard InChI is InChI=1S/C21H33N5O4/c1-5-30-21(28)26-12-10-17(11-13-26)24-20(23-15-19(27)25(2)3)22-14-16-6-8-18(29-4)9-7-16/h6-9,17H,5,10-15H2,1-4H3,(H2,22,23,24). The molecule has 1 aromatic carbocycles. The van der Waals surface area contributed by atoms with Crippen LogP contribution in [-0.2, 0) is 16.1 Å². The van der Waals surface area contributed by atoms with Gasteiger partial charge in [-0.1, -0.05) is 12.1 Å². The Hall–Kier alpha value is -2.97. The number of likely N-dealkylation sites (tertiary alicyclic amines) is 1. The number of methoxy groups -OCH3 is 1. The zero-order chi connectivity index (χ0) is 21.9. The Labute approximate surface area is 178 Å². The van der Waals surface area contributed by atoms with Gasteiger partial charge in [-0.25, -0.2) is 9.79 Å². The molecule has 0 spiro atoms. The zero-order valence-corrected chi connectivity index (χ0v) is 18.3. The van der Waals surface area contributed by atoms with Gasteiger partial charge < -0.3 is 29.9 Å². The second-order valence-corrected chi connectivity index (χ2v) is 7.26. The number of ether oxygens (including phenoxy) is 2. The molecule has 1 fully saturated rings. The molecule has 30 heavy (non-hydrogen) atoms. The lowest BCUT2D eigenvalue weighted by Crippen LogP contribution is -2.51. The van der Waals surface area contributed by atoms with Crippen molar-refractivity contribution >= 4 is 18.0 Å². The van der Waals surface area contributed by atoms with E-state index < -0.39 is 0 Å². The highest BCUT2D eigenvalue weighted by molar-refractivity contribution is 5.86. The molecule has 1 aliphatic heterocycles. The van der Waals surface area contributed by atoms with E-state index in [4.69, 9.17) is 9.47 Å². The van der Waals surface area contributed by atoms with Crippen LogP contribution < -0.4 is 15.4 Å². The Bertz CT molecular complexity index is 713. The first-order valence-corrected chi connectivity index (χ1v) is 10.2. The van der Waals surface area contributed by atoms with Crippen molar-refractivity contribution in [2.75, 3.05) is 47.4 Å². The minimum Gasteiger partial charge on any atom is -0.497 e. The summed E-state index contributed by atoms with van der Waals surface area (Å²) < 4.78 is 10.3. The molecular weight excluding hydrogens is 386 g/mol. The van der Waals surface area contributed by atoms with Gasteiger partial charge in [0.15, 0.2) is 5.96 Å². The summed E-state index contributed by atoms with van der Waals surface area (Å²) in [6.07, 6.45) is 1.30. The van der Waals surface area contributed by atoms with Crippen LogP contribution >= 0.6 is 0 Å². The SMILES string of the molecule is CCOC(=O)N1CCC(NC(=NCc2ccc(OC)cc2)NCC(=O)N(C)C)CC1. The normalized spacial score (nSPS) is 14.8. The number of hydrogen-bond donors (Lipinski definition) is 2. The predicted octanol–water partition coefficient (Wildman–Crippen LogP) is 1.44. The van der Waals surface area contributed by atoms with E-state index >= 15 is 0 Å². The summed E-state index contributed by atoms with van der Waals surface area (Å²) in [6, 6.07) is 7.87. The van der Waals surface area contributed by atoms with E-state index in [1.54, 1.807) is 33.0 Å². The van der Waals surface area contributed by atoms with Crippen LogP contribution in [0.3, 0.4) is 0 Å². The van der Waals surface area contributed by atoms with Gasteiger partial charge in [0.1, 0.15) is 5.75 Å². The summed E-state index contributed by atoms with van der Waals surface area (Å²) in [5, 5.41) is 6.51. The van der Waals surface area contributed by atoms with E-state index in [1.807, 2.05) is 24.3 Å². The molecule has 9 nitrogen and oxygen atoms in total. The van der Waals surface area contributed by atoms with Crippen molar-refractivity contribution in [3.8, 4) is 5.75 Å². The Morgan fingerprint density at radius 2 is 1.87 bits per heavy atom. The quantitative estimate of drug-likeness (QED) is 0.513. The highest BCUT2D eigenvalue weighted by Crippen LogP contribution is 2.13. The van der Waals surface area contributed by atoms with E-state index in [0.29, 0.717) is 32.2 Å². The fourth-order valence-electron chi connectivity index (χ4n) is 2.99. The average molecular weight is 420 g/mol. The van der Waals surface area contributed by atoms with E-state index in [0.717, 1.165) is 24.2 Å². The van der Waals surface area contributed by atoms with Crippen LogP contribution in [0.4, 0.5) is 4.79 Å². The molecule has 9 heteroatoms. The summed E-state index contributed by atoms with van der Waals surface area (Å²) >= 11 is 0. The molecule has 1 saturated heterocycles. The van der Waals surface area contributed by atoms with E-state index in [-0.39, 0.29) is 24.6 Å². The Balaban J connectivity index is 1.96. The average Bonchev–Trinajstić information content (AvgIpc) is 2.76. The molecule has 1 heterocycles. The van der Waals surface area contributed by atoms with Gasteiger partial charge in [-0.05, 0) is 37.5 Å². The summed E-state index contributed by atoms with van der Waals surface area (Å²) in [7, 11) is 5.07. The van der Waals surface area contributed by atoms with Crippen molar-refractivity contribution in [1.29, 1.82) is 0 Å². The van der Waals surface area contributed by atoms with Crippen molar-refractivity contribution in [2.24, 2.45) is 4.99 Å². The van der Waals surface area contributed by atoms with Crippen molar-refractivity contribution in [2.45, 2.75) is 32.4 Å². The molecule has 0 aromatic heterocycles. The van der Waals surface area contributed by atoms with Crippen LogP contribution in [0.15, 0.2) is 29.3 Å². The van der Waals surface area contributed by atoms with Crippen LogP contribution in [-0.4, -0.2) is 81.2 Å². The number of aliphatic imine (C=N–C) groups is 1. The van der Waals surface area contributed by atoms with Gasteiger partial charge in [0, 0.05) is 33.2 Å². The fourth-order valence-corrected chi connectivity index (χ4v) is 2.99. The van der Waals surface area contributed by atoms with E-state index in [9.17, 15) is 9.59 Å². The van der Waals surface area contributed by atoms with Crippen LogP contribution in [0, 0.1) is 0 Å². The number of benzene rings is 1. The van der Waals surface area contributed by atoms with Crippen molar-refractivity contribution in [1.82, 2.24) is 20.4 Å². The summed E-state index contributed by atoms with van der Waals surface area (Å²) in [5.74, 6) is 1.34. The molecule has 2 N–H and O–H groups in total. The number of guanidine groups is 1. The predicted molar refractivity (Wildman–Crippen MR) is 116 cm³/mol. The Kier molecular flexibility index (Phi) is 9.24. The number of nitrogens with one attached hydrogen (secondary N) is 2. The fraction of sp³-hybridized carbons (Fsp3) is 0.571. The number of rotatable bonds is 7. The lowest BCUT2D eigenvalue weighted by Gasteiger charge is -2.32. The van der Waals surface area contributed by atoms with Crippen molar-refractivity contribution in [3.05, 3.63) is 29.8 Å². The lowest BCUT2D eigenvalue weighted by molar-refractivity contribution is -0.127. The molecular formula is C21H33N5O4. The van der Waals surface area contributed by atoms with E-state index in [1.165, 1.54) is 4.90 Å². The minimum absolute atomic E-state index is 0.0360. The van der Waals surface area contributed by atoms with Gasteiger partial charge in [-0.15, -0.1) is 0 Å². The van der Waals surface area contributed by atoms with Gasteiger partial charge in [-0.2, -0.15) is 0 Å². The number of piperidine rings is 1. The smallest absolute Gasteiger partial charge is 0.409 e. The minimum atomic E-state index is -0.265. The summed E-state index contributed by atoms with van der Waals surface area (Å²) in [5.41, 5.74) is 1.04. The number of carbonyl (C=O) groups is 2. The molecule has 0 atom stereocenters. The molecule has 0 bridgehead atoms. The molecule has 0 saturated carbocycles. The highest BCUT2D eigenvalue weighted by atomic mass is 16.6. The Morgan fingerprint density at radius 3 is 2.43 bits per heavy atom. The number of carbonyl (C=O) groups excluding carboxylic acids is 2. The zero-order valence-electron chi connectivity index (χ0n) is 18.3. The first-order chi connectivity index (χ1) is 14.4. The second kappa shape index (κ2) is 11.9. The van der Waals surface area contributed by atoms with Crippen molar-refractivity contribution < 1.29 is 19.1 Å². The number of nitrogens with zero attached hydrogens (tertiary/aromatic N) is 3. The Morgan fingerprint density at radius 1 is 1.20 bits per heavy atom. The molecule has 1 aromatic rings. The van der Waals surface area contributed by atoms with Gasteiger partial charge in [-0.3, -0.25) is 4.79 Å². The van der Waals surface area contributed by atoms with Gasteiger partial charge >= 0.3 is 6.09 Å². The molecule has 0 unspecified atom stereocenters. The summed E-state index contributed by atoms with van der Waals surface area (Å²) in [4.78, 5) is 31.7. The number of amides is 2. The maximum atomic E-state index is 12.0. The third kappa shape index (κ3) is 7.46.